The Hall–Kier alpha value is -2.83. The van der Waals surface area contributed by atoms with Crippen molar-refractivity contribution in [1.29, 1.82) is 0 Å². The summed E-state index contributed by atoms with van der Waals surface area (Å²) in [6.45, 7) is 6.51. The molecule has 1 aromatic heterocycles. The Morgan fingerprint density at radius 2 is 1.85 bits per heavy atom. The number of amides is 1. The third-order valence-corrected chi connectivity index (χ3v) is 4.86. The molecule has 1 aromatic carbocycles. The predicted molar refractivity (Wildman–Crippen MR) is 103 cm³/mol. The van der Waals surface area contributed by atoms with Crippen LogP contribution in [-0.4, -0.2) is 42.2 Å². The minimum absolute atomic E-state index is 0.0146. The summed E-state index contributed by atoms with van der Waals surface area (Å²) in [6.07, 6.45) is 1.80. The van der Waals surface area contributed by atoms with Gasteiger partial charge < -0.3 is 19.7 Å². The number of fused-ring (bicyclic) bond motifs is 1. The molecule has 4 rings (SSSR count). The van der Waals surface area contributed by atoms with Gasteiger partial charge in [0.05, 0.1) is 5.92 Å². The van der Waals surface area contributed by atoms with E-state index in [0.717, 1.165) is 42.2 Å². The maximum atomic E-state index is 12.8. The third-order valence-electron chi connectivity index (χ3n) is 4.86. The number of ether oxygens (including phenoxy) is 2. The standard InChI is InChI=1S/C20H24N4O3/c1-13-10-14(2)22-20(21-13)24-7-3-4-15(12-24)19(25)23-16-5-6-17-18(11-16)27-9-8-26-17/h5-6,10-11,15H,3-4,7-9,12H2,1-2H3,(H,23,25)/t15-/m0/s1. The van der Waals surface area contributed by atoms with E-state index in [9.17, 15) is 4.79 Å². The molecule has 7 nitrogen and oxygen atoms in total. The van der Waals surface area contributed by atoms with Gasteiger partial charge in [-0.05, 0) is 44.9 Å². The monoisotopic (exact) mass is 368 g/mol. The van der Waals surface area contributed by atoms with Crippen LogP contribution in [0.5, 0.6) is 11.5 Å². The molecule has 1 amide bonds. The zero-order valence-electron chi connectivity index (χ0n) is 15.7. The molecule has 0 spiro atoms. The van der Waals surface area contributed by atoms with Crippen LogP contribution in [0.15, 0.2) is 24.3 Å². The minimum atomic E-state index is -0.101. The molecule has 0 radical (unpaired) electrons. The molecule has 3 heterocycles. The Bertz CT molecular complexity index is 835. The van der Waals surface area contributed by atoms with Crippen LogP contribution in [0.2, 0.25) is 0 Å². The van der Waals surface area contributed by atoms with E-state index >= 15 is 0 Å². The van der Waals surface area contributed by atoms with Crippen molar-refractivity contribution >= 4 is 17.5 Å². The predicted octanol–water partition coefficient (Wildman–Crippen LogP) is 2.72. The van der Waals surface area contributed by atoms with Crippen molar-refractivity contribution in [3.63, 3.8) is 0 Å². The molecule has 1 fully saturated rings. The normalized spacial score (nSPS) is 18.9. The van der Waals surface area contributed by atoms with Crippen molar-refractivity contribution in [3.05, 3.63) is 35.7 Å². The van der Waals surface area contributed by atoms with Crippen LogP contribution >= 0.6 is 0 Å². The second-order valence-corrected chi connectivity index (χ2v) is 7.08. The number of aromatic nitrogens is 2. The van der Waals surface area contributed by atoms with Crippen LogP contribution < -0.4 is 19.7 Å². The third kappa shape index (κ3) is 3.97. The van der Waals surface area contributed by atoms with E-state index in [4.69, 9.17) is 9.47 Å². The van der Waals surface area contributed by atoms with Gasteiger partial charge in [0.15, 0.2) is 11.5 Å². The molecular formula is C20H24N4O3. The number of hydrogen-bond donors (Lipinski definition) is 1. The maximum Gasteiger partial charge on any atom is 0.229 e. The average Bonchev–Trinajstić information content (AvgIpc) is 2.67. The van der Waals surface area contributed by atoms with Gasteiger partial charge in [0.25, 0.3) is 0 Å². The number of aryl methyl sites for hydroxylation is 2. The Morgan fingerprint density at radius 3 is 2.63 bits per heavy atom. The van der Waals surface area contributed by atoms with Crippen LogP contribution in [0.3, 0.4) is 0 Å². The zero-order valence-corrected chi connectivity index (χ0v) is 15.7. The molecule has 0 aliphatic carbocycles. The Kier molecular flexibility index (Phi) is 4.83. The van der Waals surface area contributed by atoms with Gasteiger partial charge in [-0.1, -0.05) is 0 Å². The summed E-state index contributed by atoms with van der Waals surface area (Å²) >= 11 is 0. The molecule has 1 atom stereocenters. The van der Waals surface area contributed by atoms with E-state index in [2.05, 4.69) is 20.2 Å². The number of nitrogens with one attached hydrogen (secondary N) is 1. The molecule has 1 saturated heterocycles. The largest absolute Gasteiger partial charge is 0.486 e. The van der Waals surface area contributed by atoms with E-state index < -0.39 is 0 Å². The molecule has 0 bridgehead atoms. The highest BCUT2D eigenvalue weighted by Gasteiger charge is 2.27. The lowest BCUT2D eigenvalue weighted by atomic mass is 9.97. The summed E-state index contributed by atoms with van der Waals surface area (Å²) < 4.78 is 11.1. The number of anilines is 2. The van der Waals surface area contributed by atoms with Gasteiger partial charge in [-0.2, -0.15) is 0 Å². The number of carbonyl (C=O) groups is 1. The van der Waals surface area contributed by atoms with E-state index in [-0.39, 0.29) is 11.8 Å². The Balaban J connectivity index is 1.44. The van der Waals surface area contributed by atoms with Crippen LogP contribution in [-0.2, 0) is 4.79 Å². The number of rotatable bonds is 3. The molecule has 2 aromatic rings. The minimum Gasteiger partial charge on any atom is -0.486 e. The first-order chi connectivity index (χ1) is 13.1. The van der Waals surface area contributed by atoms with Crippen LogP contribution in [0.25, 0.3) is 0 Å². The second-order valence-electron chi connectivity index (χ2n) is 7.08. The van der Waals surface area contributed by atoms with Gasteiger partial charge in [0, 0.05) is 36.2 Å². The van der Waals surface area contributed by atoms with E-state index in [1.807, 2.05) is 38.1 Å². The zero-order chi connectivity index (χ0) is 18.8. The van der Waals surface area contributed by atoms with Gasteiger partial charge in [-0.15, -0.1) is 0 Å². The first kappa shape index (κ1) is 17.6. The quantitative estimate of drug-likeness (QED) is 0.898. The lowest BCUT2D eigenvalue weighted by molar-refractivity contribution is -0.120. The van der Waals surface area contributed by atoms with Gasteiger partial charge >= 0.3 is 0 Å². The molecule has 7 heteroatoms. The molecule has 1 N–H and O–H groups in total. The summed E-state index contributed by atoms with van der Waals surface area (Å²) in [4.78, 5) is 24.0. The molecule has 0 saturated carbocycles. The lowest BCUT2D eigenvalue weighted by Crippen LogP contribution is -2.41. The SMILES string of the molecule is Cc1cc(C)nc(N2CCC[C@H](C(=O)Nc3ccc4c(c3)OCCO4)C2)n1. The van der Waals surface area contributed by atoms with E-state index in [0.29, 0.717) is 31.5 Å². The molecule has 2 aliphatic heterocycles. The fraction of sp³-hybridized carbons (Fsp3) is 0.450. The first-order valence-corrected chi connectivity index (χ1v) is 9.36. The first-order valence-electron chi connectivity index (χ1n) is 9.36. The van der Waals surface area contributed by atoms with Crippen LogP contribution in [0.1, 0.15) is 24.2 Å². The number of benzene rings is 1. The number of piperidine rings is 1. The molecule has 2 aliphatic rings. The number of nitrogens with zero attached hydrogens (tertiary/aromatic N) is 3. The van der Waals surface area contributed by atoms with E-state index in [1.165, 1.54) is 0 Å². The fourth-order valence-corrected chi connectivity index (χ4v) is 3.59. The van der Waals surface area contributed by atoms with Gasteiger partial charge in [-0.25, -0.2) is 9.97 Å². The van der Waals surface area contributed by atoms with Crippen LogP contribution in [0.4, 0.5) is 11.6 Å². The topological polar surface area (TPSA) is 76.6 Å². The second kappa shape index (κ2) is 7.42. The number of hydrogen-bond acceptors (Lipinski definition) is 6. The molecular weight excluding hydrogens is 344 g/mol. The van der Waals surface area contributed by atoms with Gasteiger partial charge in [0.1, 0.15) is 13.2 Å². The highest BCUT2D eigenvalue weighted by atomic mass is 16.6. The number of carbonyl (C=O) groups excluding carboxylic acids is 1. The molecule has 142 valence electrons. The average molecular weight is 368 g/mol. The Morgan fingerprint density at radius 1 is 1.11 bits per heavy atom. The summed E-state index contributed by atoms with van der Waals surface area (Å²) in [5.74, 6) is 2.02. The molecule has 0 unspecified atom stereocenters. The fourth-order valence-electron chi connectivity index (χ4n) is 3.59. The van der Waals surface area contributed by atoms with Gasteiger partial charge in [0.2, 0.25) is 11.9 Å². The van der Waals surface area contributed by atoms with E-state index in [1.54, 1.807) is 0 Å². The van der Waals surface area contributed by atoms with Crippen LogP contribution in [0, 0.1) is 19.8 Å². The Labute approximate surface area is 158 Å². The van der Waals surface area contributed by atoms with Crippen molar-refractivity contribution < 1.29 is 14.3 Å². The highest BCUT2D eigenvalue weighted by molar-refractivity contribution is 5.93. The smallest absolute Gasteiger partial charge is 0.229 e. The van der Waals surface area contributed by atoms with Crippen molar-refractivity contribution in [1.82, 2.24) is 9.97 Å². The highest BCUT2D eigenvalue weighted by Crippen LogP contribution is 2.33. The summed E-state index contributed by atoms with van der Waals surface area (Å²) in [5.41, 5.74) is 2.62. The van der Waals surface area contributed by atoms with Crippen molar-refractivity contribution in [3.8, 4) is 11.5 Å². The van der Waals surface area contributed by atoms with Crippen molar-refractivity contribution in [2.45, 2.75) is 26.7 Å². The molecule has 27 heavy (non-hydrogen) atoms. The van der Waals surface area contributed by atoms with Gasteiger partial charge in [-0.3, -0.25) is 4.79 Å². The lowest BCUT2D eigenvalue weighted by Gasteiger charge is -2.32. The summed E-state index contributed by atoms with van der Waals surface area (Å²) in [6, 6.07) is 7.46. The van der Waals surface area contributed by atoms with Crippen molar-refractivity contribution in [2.24, 2.45) is 5.92 Å². The maximum absolute atomic E-state index is 12.8. The summed E-state index contributed by atoms with van der Waals surface area (Å²) in [7, 11) is 0. The van der Waals surface area contributed by atoms with Crippen molar-refractivity contribution in [2.75, 3.05) is 36.5 Å². The summed E-state index contributed by atoms with van der Waals surface area (Å²) in [5, 5.41) is 3.01.